The molecule has 2 aromatic carbocycles. The number of anilines is 2. The largest absolute Gasteiger partial charge is 0.382 e. The summed E-state index contributed by atoms with van der Waals surface area (Å²) in [5.41, 5.74) is 8.20. The molecule has 160 valence electrons. The molecule has 2 aromatic heterocycles. The van der Waals surface area contributed by atoms with E-state index in [1.165, 1.54) is 28.9 Å². The van der Waals surface area contributed by atoms with Crippen molar-refractivity contribution in [1.82, 2.24) is 14.8 Å². The lowest BCUT2D eigenvalue weighted by atomic mass is 10.1. The zero-order valence-electron chi connectivity index (χ0n) is 16.8. The van der Waals surface area contributed by atoms with Gasteiger partial charge in [-0.2, -0.15) is 10.4 Å². The molecule has 0 fully saturated rings. The highest BCUT2D eigenvalue weighted by Gasteiger charge is 2.16. The molecule has 0 spiro atoms. The fourth-order valence-electron chi connectivity index (χ4n) is 3.35. The average Bonchev–Trinajstić information content (AvgIpc) is 3.11. The summed E-state index contributed by atoms with van der Waals surface area (Å²) in [5, 5.41) is 28.7. The Labute approximate surface area is 182 Å². The maximum absolute atomic E-state index is 13.2. The number of benzene rings is 2. The number of nitriles is 1. The molecule has 0 aliphatic heterocycles. The van der Waals surface area contributed by atoms with Gasteiger partial charge >= 0.3 is 0 Å². The number of fused-ring (bicyclic) bond motifs is 1. The lowest BCUT2D eigenvalue weighted by Crippen LogP contribution is -2.05. The molecule has 3 N–H and O–H groups in total. The third kappa shape index (κ3) is 4.17. The summed E-state index contributed by atoms with van der Waals surface area (Å²) in [7, 11) is 0. The zero-order valence-corrected chi connectivity index (χ0v) is 16.8. The molecule has 32 heavy (non-hydrogen) atoms. The van der Waals surface area contributed by atoms with Crippen molar-refractivity contribution < 1.29 is 9.31 Å². The molecule has 0 saturated heterocycles. The summed E-state index contributed by atoms with van der Waals surface area (Å²) in [6.45, 7) is 0.569. The Morgan fingerprint density at radius 2 is 1.97 bits per heavy atom. The van der Waals surface area contributed by atoms with Crippen LogP contribution in [0, 0.1) is 27.3 Å². The second-order valence-corrected chi connectivity index (χ2v) is 7.07. The van der Waals surface area contributed by atoms with E-state index in [-0.39, 0.29) is 17.3 Å². The minimum atomic E-state index is -0.439. The molecule has 0 saturated carbocycles. The predicted octanol–water partition coefficient (Wildman–Crippen LogP) is 3.97. The van der Waals surface area contributed by atoms with Gasteiger partial charge in [-0.05, 0) is 55.3 Å². The Kier molecular flexibility index (Phi) is 5.63. The molecule has 0 unspecified atom stereocenters. The summed E-state index contributed by atoms with van der Waals surface area (Å²) in [5.74, 6) is 0.488. The van der Waals surface area contributed by atoms with E-state index >= 15 is 0 Å². The van der Waals surface area contributed by atoms with E-state index in [0.29, 0.717) is 53.1 Å². The van der Waals surface area contributed by atoms with E-state index in [2.05, 4.69) is 21.5 Å². The second kappa shape index (κ2) is 8.69. The summed E-state index contributed by atoms with van der Waals surface area (Å²) in [6.07, 6.45) is 1.17. The Morgan fingerprint density at radius 1 is 1.19 bits per heavy atom. The van der Waals surface area contributed by atoms with Crippen LogP contribution in [0.2, 0.25) is 0 Å². The molecule has 0 aliphatic rings. The Morgan fingerprint density at radius 3 is 2.69 bits per heavy atom. The van der Waals surface area contributed by atoms with Crippen molar-refractivity contribution in [3.05, 3.63) is 81.8 Å². The minimum Gasteiger partial charge on any atom is -0.382 e. The van der Waals surface area contributed by atoms with E-state index < -0.39 is 4.92 Å². The number of hydrogen-bond acceptors (Lipinski definition) is 7. The molecular weight excluding hydrogens is 413 g/mol. The van der Waals surface area contributed by atoms with Gasteiger partial charge in [-0.15, -0.1) is 0 Å². The van der Waals surface area contributed by atoms with Crippen molar-refractivity contribution >= 4 is 28.2 Å². The molecule has 10 heteroatoms. The van der Waals surface area contributed by atoms with E-state index in [1.54, 1.807) is 30.3 Å². The molecule has 0 radical (unpaired) electrons. The van der Waals surface area contributed by atoms with Crippen LogP contribution in [0.4, 0.5) is 21.7 Å². The maximum atomic E-state index is 13.2. The van der Waals surface area contributed by atoms with Crippen LogP contribution in [-0.4, -0.2) is 26.2 Å². The van der Waals surface area contributed by atoms with E-state index in [0.717, 1.165) is 0 Å². The normalized spacial score (nSPS) is 10.8. The quantitative estimate of drug-likeness (QED) is 0.257. The number of hydrogen-bond donors (Lipinski definition) is 2. The molecule has 2 heterocycles. The smallest absolute Gasteiger partial charge is 0.270 e. The third-order valence-corrected chi connectivity index (χ3v) is 4.96. The first-order valence-electron chi connectivity index (χ1n) is 9.79. The van der Waals surface area contributed by atoms with E-state index in [4.69, 9.17) is 5.73 Å². The first-order valence-corrected chi connectivity index (χ1v) is 9.79. The SMILES string of the molecule is N#Cc1c(CCCNc2ccc3cc([N+](=O)[O-])ccc3n2)nn(-c2ccc(F)cc2)c1N. The van der Waals surface area contributed by atoms with Gasteiger partial charge in [0.05, 0.1) is 21.8 Å². The highest BCUT2D eigenvalue weighted by molar-refractivity contribution is 5.82. The molecule has 4 rings (SSSR count). The average molecular weight is 431 g/mol. The standard InChI is InChI=1S/C22H18FN7O2/c23-15-4-6-16(7-5-15)29-22(25)18(13-24)20(28-29)2-1-11-26-21-10-3-14-12-17(30(31)32)8-9-19(14)27-21/h3-10,12H,1-2,11,25H2,(H,26,27). The van der Waals surface area contributed by atoms with Crippen molar-refractivity contribution in [1.29, 1.82) is 5.26 Å². The van der Waals surface area contributed by atoms with Gasteiger partial charge in [-0.3, -0.25) is 10.1 Å². The number of aromatic nitrogens is 3. The number of halogens is 1. The number of nitrogens with two attached hydrogens (primary N) is 1. The maximum Gasteiger partial charge on any atom is 0.270 e. The Balaban J connectivity index is 1.42. The number of rotatable bonds is 7. The van der Waals surface area contributed by atoms with Crippen molar-refractivity contribution in [3.8, 4) is 11.8 Å². The number of nitro groups is 1. The van der Waals surface area contributed by atoms with Gasteiger partial charge in [0.15, 0.2) is 0 Å². The lowest BCUT2D eigenvalue weighted by molar-refractivity contribution is -0.384. The number of nitrogens with one attached hydrogen (secondary N) is 1. The fourth-order valence-corrected chi connectivity index (χ4v) is 3.35. The van der Waals surface area contributed by atoms with Crippen LogP contribution in [0.1, 0.15) is 17.7 Å². The van der Waals surface area contributed by atoms with Crippen LogP contribution < -0.4 is 11.1 Å². The highest BCUT2D eigenvalue weighted by atomic mass is 19.1. The van der Waals surface area contributed by atoms with Gasteiger partial charge in [-0.25, -0.2) is 14.1 Å². The van der Waals surface area contributed by atoms with Crippen LogP contribution in [0.15, 0.2) is 54.6 Å². The number of pyridine rings is 1. The molecule has 0 bridgehead atoms. The number of nitrogens with zero attached hydrogens (tertiary/aromatic N) is 5. The van der Waals surface area contributed by atoms with Crippen LogP contribution in [0.25, 0.3) is 16.6 Å². The van der Waals surface area contributed by atoms with Crippen molar-refractivity contribution in [2.75, 3.05) is 17.6 Å². The van der Waals surface area contributed by atoms with E-state index in [1.807, 2.05) is 0 Å². The third-order valence-electron chi connectivity index (χ3n) is 4.96. The predicted molar refractivity (Wildman–Crippen MR) is 118 cm³/mol. The second-order valence-electron chi connectivity index (χ2n) is 7.07. The van der Waals surface area contributed by atoms with Crippen LogP contribution in [-0.2, 0) is 6.42 Å². The number of nitrogen functional groups attached to an aromatic ring is 1. The Bertz CT molecular complexity index is 1340. The molecule has 0 aliphatic carbocycles. The van der Waals surface area contributed by atoms with Gasteiger partial charge in [-0.1, -0.05) is 0 Å². The molecule has 9 nitrogen and oxygen atoms in total. The number of non-ortho nitro benzene ring substituents is 1. The number of aryl methyl sites for hydroxylation is 1. The van der Waals surface area contributed by atoms with Crippen molar-refractivity contribution in [2.24, 2.45) is 0 Å². The van der Waals surface area contributed by atoms with Crippen LogP contribution in [0.3, 0.4) is 0 Å². The van der Waals surface area contributed by atoms with Crippen molar-refractivity contribution in [2.45, 2.75) is 12.8 Å². The summed E-state index contributed by atoms with van der Waals surface area (Å²) >= 11 is 0. The first-order chi connectivity index (χ1) is 15.5. The Hall–Kier alpha value is -4.52. The highest BCUT2D eigenvalue weighted by Crippen LogP contribution is 2.23. The minimum absolute atomic E-state index is 0.0210. The fraction of sp³-hybridized carbons (Fsp3) is 0.136. The van der Waals surface area contributed by atoms with Crippen LogP contribution >= 0.6 is 0 Å². The van der Waals surface area contributed by atoms with Gasteiger partial charge in [0.2, 0.25) is 0 Å². The summed E-state index contributed by atoms with van der Waals surface area (Å²) in [6, 6.07) is 15.9. The topological polar surface area (TPSA) is 136 Å². The monoisotopic (exact) mass is 431 g/mol. The lowest BCUT2D eigenvalue weighted by Gasteiger charge is -2.06. The van der Waals surface area contributed by atoms with Gasteiger partial charge in [0, 0.05) is 24.1 Å². The molecule has 0 amide bonds. The summed E-state index contributed by atoms with van der Waals surface area (Å²) in [4.78, 5) is 14.9. The molecular formula is C22H18FN7O2. The molecule has 0 atom stereocenters. The van der Waals surface area contributed by atoms with Gasteiger partial charge < -0.3 is 11.1 Å². The van der Waals surface area contributed by atoms with Crippen LogP contribution in [0.5, 0.6) is 0 Å². The zero-order chi connectivity index (χ0) is 22.7. The summed E-state index contributed by atoms with van der Waals surface area (Å²) < 4.78 is 14.6. The van der Waals surface area contributed by atoms with Gasteiger partial charge in [0.25, 0.3) is 5.69 Å². The molecule has 4 aromatic rings. The first kappa shape index (κ1) is 20.7. The van der Waals surface area contributed by atoms with E-state index in [9.17, 15) is 19.8 Å². The van der Waals surface area contributed by atoms with Gasteiger partial charge in [0.1, 0.15) is 29.1 Å². The number of nitro benzene ring substituents is 1. The van der Waals surface area contributed by atoms with Crippen molar-refractivity contribution in [3.63, 3.8) is 0 Å².